The minimum atomic E-state index is -0.231. The number of H-pyrrole nitrogens is 1. The molecule has 5 rings (SSSR count). The Balaban J connectivity index is 1.37. The number of nitrogens with one attached hydrogen (secondary N) is 2. The van der Waals surface area contributed by atoms with Gasteiger partial charge < -0.3 is 5.32 Å². The Morgan fingerprint density at radius 3 is 2.42 bits per heavy atom. The molecule has 0 bridgehead atoms. The van der Waals surface area contributed by atoms with Gasteiger partial charge >= 0.3 is 0 Å². The van der Waals surface area contributed by atoms with Crippen molar-refractivity contribution < 1.29 is 4.79 Å². The van der Waals surface area contributed by atoms with Crippen LogP contribution in [0, 0.1) is 11.3 Å². The number of anilines is 1. The van der Waals surface area contributed by atoms with Gasteiger partial charge in [-0.15, -0.1) is 0 Å². The molecular formula is C25H19N5O. The fourth-order valence-electron chi connectivity index (χ4n) is 3.58. The summed E-state index contributed by atoms with van der Waals surface area (Å²) in [4.78, 5) is 17.6. The highest BCUT2D eigenvalue weighted by Crippen LogP contribution is 2.38. The maximum atomic E-state index is 13.0. The van der Waals surface area contributed by atoms with Gasteiger partial charge in [0.25, 0.3) is 5.91 Å². The minimum Gasteiger partial charge on any atom is -0.322 e. The highest BCUT2D eigenvalue weighted by molar-refractivity contribution is 6.09. The Kier molecular flexibility index (Phi) is 4.77. The zero-order valence-electron chi connectivity index (χ0n) is 16.7. The average molecular weight is 405 g/mol. The van der Waals surface area contributed by atoms with E-state index in [0.29, 0.717) is 28.6 Å². The summed E-state index contributed by atoms with van der Waals surface area (Å²) in [5, 5.41) is 19.7. The summed E-state index contributed by atoms with van der Waals surface area (Å²) in [5.74, 6) is 1.90. The number of carbonyl (C=O) groups excluding carboxylic acids is 1. The highest BCUT2D eigenvalue weighted by atomic mass is 16.1. The Labute approximate surface area is 179 Å². The fourth-order valence-corrected chi connectivity index (χ4v) is 3.58. The molecule has 0 spiro atoms. The van der Waals surface area contributed by atoms with Crippen LogP contribution >= 0.6 is 0 Å². The number of hydrogen-bond donors (Lipinski definition) is 2. The second-order valence-electron chi connectivity index (χ2n) is 7.55. The first kappa shape index (κ1) is 18.8. The molecule has 0 aliphatic heterocycles. The normalized spacial score (nSPS) is 12.9. The van der Waals surface area contributed by atoms with Gasteiger partial charge in [0.2, 0.25) is 0 Å². The molecule has 1 amide bonds. The molecule has 0 radical (unpaired) electrons. The Morgan fingerprint density at radius 1 is 0.968 bits per heavy atom. The lowest BCUT2D eigenvalue weighted by atomic mass is 9.95. The lowest BCUT2D eigenvalue weighted by Gasteiger charge is -2.12. The summed E-state index contributed by atoms with van der Waals surface area (Å²) in [6, 6.07) is 24.2. The van der Waals surface area contributed by atoms with Crippen LogP contribution in [0.15, 0.2) is 72.8 Å². The molecule has 1 aromatic heterocycles. The summed E-state index contributed by atoms with van der Waals surface area (Å²) >= 11 is 0. The summed E-state index contributed by atoms with van der Waals surface area (Å²) < 4.78 is 0. The Bertz CT molecular complexity index is 1300. The van der Waals surface area contributed by atoms with Gasteiger partial charge in [-0.25, -0.2) is 4.98 Å². The second kappa shape index (κ2) is 7.88. The van der Waals surface area contributed by atoms with E-state index in [1.165, 1.54) is 12.8 Å². The van der Waals surface area contributed by atoms with E-state index in [4.69, 9.17) is 0 Å². The number of nitriles is 1. The first-order valence-electron chi connectivity index (χ1n) is 10.2. The molecule has 1 saturated carbocycles. The molecule has 1 aliphatic rings. The van der Waals surface area contributed by atoms with E-state index in [9.17, 15) is 10.1 Å². The van der Waals surface area contributed by atoms with Crippen molar-refractivity contribution in [1.82, 2.24) is 15.2 Å². The van der Waals surface area contributed by atoms with Gasteiger partial charge in [-0.3, -0.25) is 9.89 Å². The SMILES string of the molecule is N#Cc1ccccc1-c1ccccc1C(=O)Nc1ccc(-c2n[nH]c(C3CC3)n2)cc1. The smallest absolute Gasteiger partial charge is 0.256 e. The second-order valence-corrected chi connectivity index (χ2v) is 7.55. The van der Waals surface area contributed by atoms with Gasteiger partial charge in [-0.1, -0.05) is 36.4 Å². The predicted molar refractivity (Wildman–Crippen MR) is 118 cm³/mol. The van der Waals surface area contributed by atoms with Crippen LogP contribution in [0.3, 0.4) is 0 Å². The van der Waals surface area contributed by atoms with Crippen molar-refractivity contribution in [2.75, 3.05) is 5.32 Å². The molecule has 1 aliphatic carbocycles. The van der Waals surface area contributed by atoms with Gasteiger partial charge in [0.1, 0.15) is 5.82 Å². The van der Waals surface area contributed by atoms with E-state index < -0.39 is 0 Å². The largest absolute Gasteiger partial charge is 0.322 e. The average Bonchev–Trinajstić information content (AvgIpc) is 3.56. The fraction of sp³-hybridized carbons (Fsp3) is 0.120. The monoisotopic (exact) mass is 405 g/mol. The van der Waals surface area contributed by atoms with Crippen LogP contribution < -0.4 is 5.32 Å². The third-order valence-electron chi connectivity index (χ3n) is 5.38. The molecule has 0 unspecified atom stereocenters. The molecule has 2 N–H and O–H groups in total. The summed E-state index contributed by atoms with van der Waals surface area (Å²) in [6.45, 7) is 0. The van der Waals surface area contributed by atoms with Gasteiger partial charge in [0.05, 0.1) is 11.6 Å². The van der Waals surface area contributed by atoms with Crippen molar-refractivity contribution in [3.05, 3.63) is 89.7 Å². The Hall–Kier alpha value is -4.24. The number of hydrogen-bond acceptors (Lipinski definition) is 4. The van der Waals surface area contributed by atoms with E-state index >= 15 is 0 Å². The number of rotatable bonds is 5. The molecule has 0 saturated heterocycles. The Morgan fingerprint density at radius 2 is 1.68 bits per heavy atom. The number of aromatic nitrogens is 3. The van der Waals surface area contributed by atoms with Crippen LogP contribution in [0.2, 0.25) is 0 Å². The molecule has 6 nitrogen and oxygen atoms in total. The van der Waals surface area contributed by atoms with Crippen molar-refractivity contribution in [2.24, 2.45) is 0 Å². The van der Waals surface area contributed by atoms with Crippen molar-refractivity contribution in [3.8, 4) is 28.6 Å². The zero-order valence-corrected chi connectivity index (χ0v) is 16.7. The first-order valence-corrected chi connectivity index (χ1v) is 10.2. The highest BCUT2D eigenvalue weighted by Gasteiger charge is 2.27. The quantitative estimate of drug-likeness (QED) is 0.481. The summed E-state index contributed by atoms with van der Waals surface area (Å²) in [7, 11) is 0. The number of benzene rings is 3. The molecule has 4 aromatic rings. The lowest BCUT2D eigenvalue weighted by Crippen LogP contribution is -2.13. The molecule has 31 heavy (non-hydrogen) atoms. The maximum absolute atomic E-state index is 13.0. The molecule has 1 fully saturated rings. The number of carbonyl (C=O) groups is 1. The number of aromatic amines is 1. The van der Waals surface area contributed by atoms with Crippen LogP contribution in [0.1, 0.15) is 40.5 Å². The molecule has 0 atom stereocenters. The summed E-state index contributed by atoms with van der Waals surface area (Å²) in [5.41, 5.74) is 4.07. The van der Waals surface area contributed by atoms with Crippen LogP contribution in [0.25, 0.3) is 22.5 Å². The number of nitrogens with zero attached hydrogens (tertiary/aromatic N) is 3. The van der Waals surface area contributed by atoms with Crippen LogP contribution in [-0.2, 0) is 0 Å². The van der Waals surface area contributed by atoms with E-state index in [0.717, 1.165) is 22.5 Å². The molecular weight excluding hydrogens is 386 g/mol. The zero-order chi connectivity index (χ0) is 21.2. The number of amides is 1. The lowest BCUT2D eigenvalue weighted by molar-refractivity contribution is 0.102. The van der Waals surface area contributed by atoms with Gasteiger partial charge in [0, 0.05) is 28.3 Å². The van der Waals surface area contributed by atoms with Crippen LogP contribution in [0.4, 0.5) is 5.69 Å². The molecule has 6 heteroatoms. The predicted octanol–water partition coefficient (Wildman–Crippen LogP) is 5.14. The topological polar surface area (TPSA) is 94.5 Å². The van der Waals surface area contributed by atoms with Gasteiger partial charge in [-0.2, -0.15) is 10.4 Å². The van der Waals surface area contributed by atoms with Crippen molar-refractivity contribution in [2.45, 2.75) is 18.8 Å². The molecule has 3 aromatic carbocycles. The third-order valence-corrected chi connectivity index (χ3v) is 5.38. The van der Waals surface area contributed by atoms with E-state index in [2.05, 4.69) is 26.6 Å². The van der Waals surface area contributed by atoms with Crippen molar-refractivity contribution >= 4 is 11.6 Å². The molecule has 1 heterocycles. The van der Waals surface area contributed by atoms with Crippen LogP contribution in [0.5, 0.6) is 0 Å². The van der Waals surface area contributed by atoms with Crippen molar-refractivity contribution in [3.63, 3.8) is 0 Å². The van der Waals surface area contributed by atoms with Crippen LogP contribution in [-0.4, -0.2) is 21.1 Å². The third kappa shape index (κ3) is 3.81. The van der Waals surface area contributed by atoms with Gasteiger partial charge in [-0.05, 0) is 54.8 Å². The molecule has 150 valence electrons. The van der Waals surface area contributed by atoms with E-state index in [-0.39, 0.29) is 5.91 Å². The van der Waals surface area contributed by atoms with Gasteiger partial charge in [0.15, 0.2) is 5.82 Å². The first-order chi connectivity index (χ1) is 15.2. The van der Waals surface area contributed by atoms with E-state index in [1.807, 2.05) is 60.7 Å². The van der Waals surface area contributed by atoms with E-state index in [1.54, 1.807) is 12.1 Å². The minimum absolute atomic E-state index is 0.231. The standard InChI is InChI=1S/C25H19N5O/c26-15-18-5-1-2-6-20(18)21-7-3-4-8-22(21)25(31)27-19-13-11-17(12-14-19)24-28-23(29-30-24)16-9-10-16/h1-8,11-14,16H,9-10H2,(H,27,31)(H,28,29,30). The summed E-state index contributed by atoms with van der Waals surface area (Å²) in [6.07, 6.45) is 2.33. The van der Waals surface area contributed by atoms with Crippen molar-refractivity contribution in [1.29, 1.82) is 5.26 Å². The maximum Gasteiger partial charge on any atom is 0.256 e.